The molecule has 4 nitrogen and oxygen atoms in total. The van der Waals surface area contributed by atoms with Crippen molar-refractivity contribution in [2.75, 3.05) is 20.7 Å². The van der Waals surface area contributed by atoms with E-state index in [1.165, 1.54) is 0 Å². The zero-order valence-corrected chi connectivity index (χ0v) is 9.41. The van der Waals surface area contributed by atoms with Crippen LogP contribution in [-0.2, 0) is 9.53 Å². The van der Waals surface area contributed by atoms with E-state index in [0.29, 0.717) is 0 Å². The SMILES string of the molecule is CNC(C)C(=O)N(C)C1CCOC1C. The molecule has 14 heavy (non-hydrogen) atoms. The second kappa shape index (κ2) is 4.75. The standard InChI is InChI=1S/C10H20N2O2/c1-7(11-3)10(13)12(4)9-5-6-14-8(9)2/h7-9,11H,5-6H2,1-4H3. The fourth-order valence-electron chi connectivity index (χ4n) is 1.82. The van der Waals surface area contributed by atoms with Gasteiger partial charge in [0.15, 0.2) is 0 Å². The molecule has 1 N–H and O–H groups in total. The second-order valence-electron chi connectivity index (χ2n) is 3.89. The van der Waals surface area contributed by atoms with Gasteiger partial charge in [-0.25, -0.2) is 0 Å². The van der Waals surface area contributed by atoms with E-state index in [1.54, 1.807) is 11.9 Å². The highest BCUT2D eigenvalue weighted by Gasteiger charge is 2.31. The van der Waals surface area contributed by atoms with Crippen molar-refractivity contribution in [2.24, 2.45) is 0 Å². The van der Waals surface area contributed by atoms with E-state index >= 15 is 0 Å². The topological polar surface area (TPSA) is 41.6 Å². The van der Waals surface area contributed by atoms with Crippen LogP contribution in [0.15, 0.2) is 0 Å². The summed E-state index contributed by atoms with van der Waals surface area (Å²) in [4.78, 5) is 13.6. The van der Waals surface area contributed by atoms with Gasteiger partial charge in [-0.15, -0.1) is 0 Å². The van der Waals surface area contributed by atoms with E-state index < -0.39 is 0 Å². The Bertz CT molecular complexity index is 208. The van der Waals surface area contributed by atoms with Gasteiger partial charge < -0.3 is 15.0 Å². The number of nitrogens with one attached hydrogen (secondary N) is 1. The number of rotatable bonds is 3. The number of carbonyl (C=O) groups excluding carboxylic acids is 1. The predicted octanol–water partition coefficient (Wildman–Crippen LogP) is 0.230. The number of likely N-dealkylation sites (N-methyl/N-ethyl adjacent to an activating group) is 2. The third-order valence-electron chi connectivity index (χ3n) is 2.98. The lowest BCUT2D eigenvalue weighted by molar-refractivity contribution is -0.134. The molecule has 0 aromatic carbocycles. The minimum absolute atomic E-state index is 0.118. The quantitative estimate of drug-likeness (QED) is 0.709. The Morgan fingerprint density at radius 2 is 2.29 bits per heavy atom. The van der Waals surface area contributed by atoms with E-state index in [2.05, 4.69) is 5.32 Å². The molecule has 0 saturated carbocycles. The molecule has 0 aromatic rings. The van der Waals surface area contributed by atoms with Gasteiger partial charge in [0.2, 0.25) is 5.91 Å². The van der Waals surface area contributed by atoms with Gasteiger partial charge in [-0.1, -0.05) is 0 Å². The Morgan fingerprint density at radius 3 is 2.71 bits per heavy atom. The molecule has 1 aliphatic rings. The number of amides is 1. The molecule has 1 aliphatic heterocycles. The number of hydrogen-bond acceptors (Lipinski definition) is 3. The maximum Gasteiger partial charge on any atom is 0.239 e. The first kappa shape index (κ1) is 11.5. The van der Waals surface area contributed by atoms with E-state index in [-0.39, 0.29) is 24.1 Å². The van der Waals surface area contributed by atoms with Crippen molar-refractivity contribution in [1.82, 2.24) is 10.2 Å². The molecule has 0 aliphatic carbocycles. The molecule has 3 unspecified atom stereocenters. The largest absolute Gasteiger partial charge is 0.376 e. The minimum Gasteiger partial charge on any atom is -0.376 e. The first-order valence-electron chi connectivity index (χ1n) is 5.13. The number of nitrogens with zero attached hydrogens (tertiary/aromatic N) is 1. The molecule has 0 aromatic heterocycles. The lowest BCUT2D eigenvalue weighted by atomic mass is 10.1. The summed E-state index contributed by atoms with van der Waals surface area (Å²) in [5.74, 6) is 0.134. The molecule has 1 rings (SSSR count). The van der Waals surface area contributed by atoms with Crippen molar-refractivity contribution < 1.29 is 9.53 Å². The minimum atomic E-state index is -0.118. The Labute approximate surface area is 85.6 Å². The third kappa shape index (κ3) is 2.25. The molecular formula is C10H20N2O2. The molecule has 1 amide bonds. The Kier molecular flexibility index (Phi) is 3.89. The number of hydrogen-bond donors (Lipinski definition) is 1. The average molecular weight is 200 g/mol. The molecule has 1 saturated heterocycles. The summed E-state index contributed by atoms with van der Waals surface area (Å²) in [5.41, 5.74) is 0. The molecule has 82 valence electrons. The van der Waals surface area contributed by atoms with Crippen molar-refractivity contribution in [3.63, 3.8) is 0 Å². The highest BCUT2D eigenvalue weighted by Crippen LogP contribution is 2.18. The summed E-state index contributed by atoms with van der Waals surface area (Å²) in [7, 11) is 3.65. The Hall–Kier alpha value is -0.610. The molecule has 4 heteroatoms. The van der Waals surface area contributed by atoms with Gasteiger partial charge in [-0.3, -0.25) is 4.79 Å². The van der Waals surface area contributed by atoms with Crippen molar-refractivity contribution in [2.45, 2.75) is 38.5 Å². The summed E-state index contributed by atoms with van der Waals surface area (Å²) >= 11 is 0. The Morgan fingerprint density at radius 1 is 1.64 bits per heavy atom. The summed E-state index contributed by atoms with van der Waals surface area (Å²) in [6.45, 7) is 4.65. The van der Waals surface area contributed by atoms with Gasteiger partial charge in [0.25, 0.3) is 0 Å². The molecule has 0 radical (unpaired) electrons. The van der Waals surface area contributed by atoms with Crippen LogP contribution in [0.3, 0.4) is 0 Å². The summed E-state index contributed by atoms with van der Waals surface area (Å²) in [6.07, 6.45) is 1.10. The van der Waals surface area contributed by atoms with Crippen LogP contribution in [0.5, 0.6) is 0 Å². The molecule has 1 heterocycles. The first-order valence-corrected chi connectivity index (χ1v) is 5.13. The molecule has 0 bridgehead atoms. The summed E-state index contributed by atoms with van der Waals surface area (Å²) < 4.78 is 5.44. The van der Waals surface area contributed by atoms with Crippen LogP contribution in [-0.4, -0.2) is 49.7 Å². The molecule has 1 fully saturated rings. The van der Waals surface area contributed by atoms with Crippen molar-refractivity contribution in [1.29, 1.82) is 0 Å². The van der Waals surface area contributed by atoms with Gasteiger partial charge in [-0.2, -0.15) is 0 Å². The van der Waals surface area contributed by atoms with E-state index in [4.69, 9.17) is 4.74 Å². The van der Waals surface area contributed by atoms with E-state index in [9.17, 15) is 4.79 Å². The number of carbonyl (C=O) groups is 1. The van der Waals surface area contributed by atoms with Crippen LogP contribution in [0.4, 0.5) is 0 Å². The van der Waals surface area contributed by atoms with Crippen LogP contribution in [0.2, 0.25) is 0 Å². The monoisotopic (exact) mass is 200 g/mol. The zero-order valence-electron chi connectivity index (χ0n) is 9.41. The second-order valence-corrected chi connectivity index (χ2v) is 3.89. The van der Waals surface area contributed by atoms with Gasteiger partial charge in [0, 0.05) is 13.7 Å². The van der Waals surface area contributed by atoms with E-state index in [0.717, 1.165) is 13.0 Å². The first-order chi connectivity index (χ1) is 6.57. The van der Waals surface area contributed by atoms with Crippen LogP contribution in [0.1, 0.15) is 20.3 Å². The molecule has 0 spiro atoms. The van der Waals surface area contributed by atoms with Gasteiger partial charge in [0.1, 0.15) is 0 Å². The third-order valence-corrected chi connectivity index (χ3v) is 2.98. The lowest BCUT2D eigenvalue weighted by Gasteiger charge is -2.29. The smallest absolute Gasteiger partial charge is 0.239 e. The van der Waals surface area contributed by atoms with Crippen molar-refractivity contribution in [3.05, 3.63) is 0 Å². The summed E-state index contributed by atoms with van der Waals surface area (Å²) in [5, 5.41) is 2.95. The van der Waals surface area contributed by atoms with Gasteiger partial charge >= 0.3 is 0 Å². The van der Waals surface area contributed by atoms with Gasteiger partial charge in [-0.05, 0) is 27.3 Å². The maximum atomic E-state index is 11.8. The summed E-state index contributed by atoms with van der Waals surface area (Å²) in [6, 6.07) is 0.117. The normalized spacial score (nSPS) is 28.9. The van der Waals surface area contributed by atoms with E-state index in [1.807, 2.05) is 20.9 Å². The molecular weight excluding hydrogens is 180 g/mol. The lowest BCUT2D eigenvalue weighted by Crippen LogP contribution is -2.48. The number of ether oxygens (including phenoxy) is 1. The average Bonchev–Trinajstić information content (AvgIpc) is 2.61. The van der Waals surface area contributed by atoms with Crippen LogP contribution in [0, 0.1) is 0 Å². The zero-order chi connectivity index (χ0) is 10.7. The van der Waals surface area contributed by atoms with Crippen LogP contribution >= 0.6 is 0 Å². The highest BCUT2D eigenvalue weighted by molar-refractivity contribution is 5.81. The van der Waals surface area contributed by atoms with Crippen molar-refractivity contribution in [3.8, 4) is 0 Å². The maximum absolute atomic E-state index is 11.8. The predicted molar refractivity (Wildman–Crippen MR) is 55.1 cm³/mol. The Balaban J connectivity index is 2.55. The molecule has 3 atom stereocenters. The fourth-order valence-corrected chi connectivity index (χ4v) is 1.82. The van der Waals surface area contributed by atoms with Crippen molar-refractivity contribution >= 4 is 5.91 Å². The van der Waals surface area contributed by atoms with Crippen LogP contribution in [0.25, 0.3) is 0 Å². The fraction of sp³-hybridized carbons (Fsp3) is 0.900. The van der Waals surface area contributed by atoms with Gasteiger partial charge in [0.05, 0.1) is 18.2 Å². The van der Waals surface area contributed by atoms with Crippen LogP contribution < -0.4 is 5.32 Å². The highest BCUT2D eigenvalue weighted by atomic mass is 16.5.